The van der Waals surface area contributed by atoms with E-state index >= 15 is 0 Å². The first kappa shape index (κ1) is 19.6. The van der Waals surface area contributed by atoms with Gasteiger partial charge in [0.2, 0.25) is 0 Å². The molecule has 1 aliphatic rings. The minimum absolute atomic E-state index is 0.178. The van der Waals surface area contributed by atoms with Crippen LogP contribution in [0.15, 0.2) is 24.3 Å². The van der Waals surface area contributed by atoms with Crippen molar-refractivity contribution in [2.75, 3.05) is 25.6 Å². The van der Waals surface area contributed by atoms with Gasteiger partial charge in [0.25, 0.3) is 5.91 Å². The highest BCUT2D eigenvalue weighted by atomic mass is 31.2. The standard InChI is InChI=1S/C16H22N3O5P/c1-4-22-25(21,23-5-2)15-10-14(24-19(15)3)16(20)18-13-8-6-7-12(9-13)11-17/h6-9,14-15H,4-5,10H2,1-3H3,(H,18,20)/t14-,15+/m0/s1. The molecule has 136 valence electrons. The zero-order valence-corrected chi connectivity index (χ0v) is 15.4. The lowest BCUT2D eigenvalue weighted by Gasteiger charge is -2.25. The highest BCUT2D eigenvalue weighted by Crippen LogP contribution is 2.57. The zero-order chi connectivity index (χ0) is 18.4. The summed E-state index contributed by atoms with van der Waals surface area (Å²) in [6.45, 7) is 3.93. The Balaban J connectivity index is 2.08. The molecule has 1 aliphatic heterocycles. The van der Waals surface area contributed by atoms with Gasteiger partial charge in [0, 0.05) is 19.2 Å². The van der Waals surface area contributed by atoms with Crippen LogP contribution in [-0.2, 0) is 23.2 Å². The number of hydrogen-bond acceptors (Lipinski definition) is 7. The molecule has 8 nitrogen and oxygen atoms in total. The summed E-state index contributed by atoms with van der Waals surface area (Å²) in [6, 6.07) is 8.58. The molecule has 1 aromatic rings. The van der Waals surface area contributed by atoms with Crippen LogP contribution >= 0.6 is 7.60 Å². The summed E-state index contributed by atoms with van der Waals surface area (Å²) >= 11 is 0. The number of carbonyl (C=O) groups is 1. The average molecular weight is 367 g/mol. The summed E-state index contributed by atoms with van der Waals surface area (Å²) in [6.07, 6.45) is -0.646. The highest BCUT2D eigenvalue weighted by molar-refractivity contribution is 7.54. The van der Waals surface area contributed by atoms with Crippen LogP contribution in [0.3, 0.4) is 0 Å². The summed E-state index contributed by atoms with van der Waals surface area (Å²) in [7, 11) is -1.82. The fourth-order valence-electron chi connectivity index (χ4n) is 2.60. The minimum atomic E-state index is -3.42. The van der Waals surface area contributed by atoms with Crippen LogP contribution in [0.25, 0.3) is 0 Å². The quantitative estimate of drug-likeness (QED) is 0.740. The van der Waals surface area contributed by atoms with Crippen LogP contribution in [0.1, 0.15) is 25.8 Å². The Kier molecular flexibility index (Phi) is 6.71. The maximum atomic E-state index is 12.9. The molecule has 0 unspecified atom stereocenters. The first-order valence-electron chi connectivity index (χ1n) is 8.03. The van der Waals surface area contributed by atoms with Crippen molar-refractivity contribution >= 4 is 19.2 Å². The molecule has 1 amide bonds. The van der Waals surface area contributed by atoms with Crippen molar-refractivity contribution in [2.45, 2.75) is 32.2 Å². The summed E-state index contributed by atoms with van der Waals surface area (Å²) in [5, 5.41) is 13.0. The van der Waals surface area contributed by atoms with E-state index < -0.39 is 19.5 Å². The largest absolute Gasteiger partial charge is 0.350 e. The average Bonchev–Trinajstić information content (AvgIpc) is 2.98. The molecule has 1 heterocycles. The number of rotatable bonds is 7. The van der Waals surface area contributed by atoms with Crippen molar-refractivity contribution in [1.82, 2.24) is 5.06 Å². The molecule has 25 heavy (non-hydrogen) atoms. The highest BCUT2D eigenvalue weighted by Gasteiger charge is 2.48. The van der Waals surface area contributed by atoms with Crippen LogP contribution in [0.4, 0.5) is 5.69 Å². The summed E-state index contributed by atoms with van der Waals surface area (Å²) in [4.78, 5) is 18.0. The second kappa shape index (κ2) is 8.56. The van der Waals surface area contributed by atoms with Gasteiger partial charge in [-0.05, 0) is 32.0 Å². The lowest BCUT2D eigenvalue weighted by atomic mass is 10.2. The summed E-state index contributed by atoms with van der Waals surface area (Å²) in [5.74, 6) is -1.04. The fraction of sp³-hybridized carbons (Fsp3) is 0.500. The van der Waals surface area contributed by atoms with E-state index in [1.54, 1.807) is 45.2 Å². The monoisotopic (exact) mass is 367 g/mol. The predicted molar refractivity (Wildman–Crippen MR) is 91.7 cm³/mol. The number of carbonyl (C=O) groups excluding carboxylic acids is 1. The summed E-state index contributed by atoms with van der Waals surface area (Å²) < 4.78 is 23.6. The van der Waals surface area contributed by atoms with Crippen molar-refractivity contribution in [2.24, 2.45) is 0 Å². The van der Waals surface area contributed by atoms with Gasteiger partial charge in [-0.3, -0.25) is 14.2 Å². The van der Waals surface area contributed by atoms with Crippen molar-refractivity contribution in [3.05, 3.63) is 29.8 Å². The van der Waals surface area contributed by atoms with Crippen molar-refractivity contribution in [3.8, 4) is 6.07 Å². The fourth-order valence-corrected chi connectivity index (χ4v) is 4.64. The molecular weight excluding hydrogens is 345 g/mol. The Hall–Kier alpha value is -1.75. The van der Waals surface area contributed by atoms with Crippen molar-refractivity contribution < 1.29 is 23.2 Å². The third kappa shape index (κ3) is 4.66. The molecule has 0 saturated carbocycles. The molecular formula is C16H22N3O5P. The van der Waals surface area contributed by atoms with Crippen molar-refractivity contribution in [3.63, 3.8) is 0 Å². The molecule has 0 aliphatic carbocycles. The van der Waals surface area contributed by atoms with Gasteiger partial charge in [-0.15, -0.1) is 0 Å². The third-order valence-corrected chi connectivity index (χ3v) is 6.18. The number of amides is 1. The number of nitriles is 1. The minimum Gasteiger partial charge on any atom is -0.324 e. The summed E-state index contributed by atoms with van der Waals surface area (Å²) in [5.41, 5.74) is 0.939. The zero-order valence-electron chi connectivity index (χ0n) is 14.5. The van der Waals surface area contributed by atoms with Gasteiger partial charge in [-0.2, -0.15) is 10.3 Å². The topological polar surface area (TPSA) is 101 Å². The molecule has 1 fully saturated rings. The van der Waals surface area contributed by atoms with Crippen LogP contribution in [0, 0.1) is 11.3 Å². The second-order valence-electron chi connectivity index (χ2n) is 5.41. The number of nitrogens with one attached hydrogen (secondary N) is 1. The molecule has 1 saturated heterocycles. The van der Waals surface area contributed by atoms with E-state index in [-0.39, 0.29) is 25.5 Å². The van der Waals surface area contributed by atoms with E-state index in [4.69, 9.17) is 19.1 Å². The van der Waals surface area contributed by atoms with Crippen LogP contribution < -0.4 is 5.32 Å². The lowest BCUT2D eigenvalue weighted by molar-refractivity contribution is -0.155. The Labute approximate surface area is 147 Å². The number of nitrogens with zero attached hydrogens (tertiary/aromatic N) is 2. The van der Waals surface area contributed by atoms with Gasteiger partial charge >= 0.3 is 7.60 Å². The molecule has 1 N–H and O–H groups in total. The number of hydroxylamine groups is 2. The molecule has 0 bridgehead atoms. The molecule has 1 aromatic carbocycles. The van der Waals surface area contributed by atoms with E-state index in [0.29, 0.717) is 11.3 Å². The smallest absolute Gasteiger partial charge is 0.324 e. The van der Waals surface area contributed by atoms with Gasteiger partial charge in [-0.25, -0.2) is 0 Å². The molecule has 2 rings (SSSR count). The Morgan fingerprint density at radius 3 is 2.72 bits per heavy atom. The van der Waals surface area contributed by atoms with Gasteiger partial charge in [0.15, 0.2) is 6.10 Å². The van der Waals surface area contributed by atoms with Gasteiger partial charge in [-0.1, -0.05) is 6.07 Å². The Morgan fingerprint density at radius 2 is 2.12 bits per heavy atom. The van der Waals surface area contributed by atoms with E-state index in [1.807, 2.05) is 6.07 Å². The Morgan fingerprint density at radius 1 is 1.44 bits per heavy atom. The van der Waals surface area contributed by atoms with Gasteiger partial charge in [0.1, 0.15) is 5.78 Å². The molecule has 0 radical (unpaired) electrons. The normalized spacial score (nSPS) is 21.0. The third-order valence-electron chi connectivity index (χ3n) is 3.67. The molecule has 9 heteroatoms. The first-order valence-corrected chi connectivity index (χ1v) is 9.64. The first-order chi connectivity index (χ1) is 11.9. The maximum absolute atomic E-state index is 12.9. The van der Waals surface area contributed by atoms with Crippen LogP contribution in [-0.4, -0.2) is 43.1 Å². The SMILES string of the molecule is CCOP(=O)(OCC)[C@@H]1C[C@@H](C(=O)Nc2cccc(C#N)c2)ON1C. The molecule has 0 spiro atoms. The maximum Gasteiger partial charge on any atom is 0.350 e. The van der Waals surface area contributed by atoms with E-state index in [1.165, 1.54) is 5.06 Å². The number of anilines is 1. The van der Waals surface area contributed by atoms with E-state index in [9.17, 15) is 9.36 Å². The van der Waals surface area contributed by atoms with E-state index in [2.05, 4.69) is 5.32 Å². The van der Waals surface area contributed by atoms with Gasteiger partial charge < -0.3 is 14.4 Å². The molecule has 2 atom stereocenters. The number of hydrogen-bond donors (Lipinski definition) is 1. The number of benzene rings is 1. The van der Waals surface area contributed by atoms with Crippen molar-refractivity contribution in [1.29, 1.82) is 5.26 Å². The second-order valence-corrected chi connectivity index (χ2v) is 7.61. The lowest BCUT2D eigenvalue weighted by Crippen LogP contribution is -2.28. The predicted octanol–water partition coefficient (Wildman–Crippen LogP) is 2.72. The molecule has 0 aromatic heterocycles. The van der Waals surface area contributed by atoms with E-state index in [0.717, 1.165) is 0 Å². The Bertz CT molecular complexity index is 695. The van der Waals surface area contributed by atoms with Crippen LogP contribution in [0.5, 0.6) is 0 Å². The van der Waals surface area contributed by atoms with Crippen LogP contribution in [0.2, 0.25) is 0 Å². The van der Waals surface area contributed by atoms with Gasteiger partial charge in [0.05, 0.1) is 24.8 Å².